The van der Waals surface area contributed by atoms with Crippen molar-refractivity contribution < 1.29 is 4.74 Å². The largest absolute Gasteiger partial charge is 0.472 e. The molecule has 0 spiro atoms. The molecule has 1 aromatic heterocycles. The molecule has 106 valence electrons. The second-order valence-corrected chi connectivity index (χ2v) is 5.02. The van der Waals surface area contributed by atoms with Crippen molar-refractivity contribution in [1.82, 2.24) is 9.97 Å². The first kappa shape index (κ1) is 13.4. The van der Waals surface area contributed by atoms with Gasteiger partial charge >= 0.3 is 0 Å². The van der Waals surface area contributed by atoms with Crippen LogP contribution in [0.15, 0.2) is 54.6 Å². The molecule has 1 N–H and O–H groups in total. The number of para-hydroxylation sites is 3. The lowest BCUT2D eigenvalue weighted by Gasteiger charge is -2.14. The summed E-state index contributed by atoms with van der Waals surface area (Å²) in [6, 6.07) is 17.7. The van der Waals surface area contributed by atoms with E-state index >= 15 is 0 Å². The van der Waals surface area contributed by atoms with Gasteiger partial charge in [0.25, 0.3) is 5.88 Å². The molecule has 0 bridgehead atoms. The molecular weight excluding hydrogens is 262 g/mol. The van der Waals surface area contributed by atoms with Gasteiger partial charge in [0.2, 0.25) is 0 Å². The minimum Gasteiger partial charge on any atom is -0.472 e. The fourth-order valence-electron chi connectivity index (χ4n) is 2.03. The zero-order chi connectivity index (χ0) is 14.7. The summed E-state index contributed by atoms with van der Waals surface area (Å²) in [4.78, 5) is 9.19. The Labute approximate surface area is 123 Å². The van der Waals surface area contributed by atoms with Crippen LogP contribution in [-0.4, -0.2) is 16.1 Å². The maximum atomic E-state index is 5.79. The highest BCUT2D eigenvalue weighted by Crippen LogP contribution is 2.27. The van der Waals surface area contributed by atoms with Crippen LogP contribution in [0.5, 0.6) is 5.88 Å². The van der Waals surface area contributed by atoms with Crippen LogP contribution in [0, 0.1) is 0 Å². The lowest BCUT2D eigenvalue weighted by molar-refractivity contribution is 0.234. The van der Waals surface area contributed by atoms with Gasteiger partial charge in [-0.2, -0.15) is 0 Å². The van der Waals surface area contributed by atoms with Crippen LogP contribution < -0.4 is 10.1 Å². The second kappa shape index (κ2) is 5.79. The van der Waals surface area contributed by atoms with Gasteiger partial charge in [-0.15, -0.1) is 0 Å². The van der Waals surface area contributed by atoms with Gasteiger partial charge in [0.1, 0.15) is 0 Å². The predicted octanol–water partition coefficient (Wildman–Crippen LogP) is 4.16. The Morgan fingerprint density at radius 3 is 2.14 bits per heavy atom. The first-order valence-electron chi connectivity index (χ1n) is 6.98. The number of ether oxygens (including phenoxy) is 1. The van der Waals surface area contributed by atoms with Crippen LogP contribution in [0.25, 0.3) is 11.0 Å². The van der Waals surface area contributed by atoms with E-state index in [4.69, 9.17) is 4.74 Å². The summed E-state index contributed by atoms with van der Waals surface area (Å²) in [5.74, 6) is 1.15. The third kappa shape index (κ3) is 3.11. The highest BCUT2D eigenvalue weighted by atomic mass is 16.5. The average Bonchev–Trinajstić information content (AvgIpc) is 2.48. The first-order chi connectivity index (χ1) is 10.2. The van der Waals surface area contributed by atoms with Crippen LogP contribution >= 0.6 is 0 Å². The number of nitrogens with one attached hydrogen (secondary N) is 1. The third-order valence-corrected chi connectivity index (χ3v) is 2.92. The van der Waals surface area contributed by atoms with Crippen molar-refractivity contribution in [3.8, 4) is 5.88 Å². The molecule has 21 heavy (non-hydrogen) atoms. The number of anilines is 2. The van der Waals surface area contributed by atoms with Crippen LogP contribution in [0.4, 0.5) is 11.5 Å². The average molecular weight is 279 g/mol. The number of nitrogens with zero attached hydrogens (tertiary/aromatic N) is 2. The van der Waals surface area contributed by atoms with Gasteiger partial charge in [0.15, 0.2) is 5.82 Å². The highest BCUT2D eigenvalue weighted by Gasteiger charge is 2.11. The monoisotopic (exact) mass is 279 g/mol. The molecule has 0 fully saturated rings. The fourth-order valence-corrected chi connectivity index (χ4v) is 2.03. The van der Waals surface area contributed by atoms with Gasteiger partial charge in [0.05, 0.1) is 17.1 Å². The fraction of sp³-hybridized carbons (Fsp3) is 0.176. The van der Waals surface area contributed by atoms with Crippen molar-refractivity contribution in [3.63, 3.8) is 0 Å². The van der Waals surface area contributed by atoms with Gasteiger partial charge in [-0.1, -0.05) is 30.3 Å². The Bertz CT molecular complexity index is 741. The van der Waals surface area contributed by atoms with Crippen LogP contribution in [0.2, 0.25) is 0 Å². The van der Waals surface area contributed by atoms with Gasteiger partial charge in [-0.05, 0) is 38.1 Å². The molecule has 0 aliphatic carbocycles. The minimum atomic E-state index is 0.0387. The number of rotatable bonds is 4. The van der Waals surface area contributed by atoms with E-state index in [-0.39, 0.29) is 6.10 Å². The standard InChI is InChI=1S/C17H17N3O/c1-12(2)21-17-16(18-13-8-4-3-5-9-13)19-14-10-6-7-11-15(14)20-17/h3-12H,1-2H3,(H,18,19). The maximum Gasteiger partial charge on any atom is 0.258 e. The Balaban J connectivity index is 2.05. The minimum absolute atomic E-state index is 0.0387. The van der Waals surface area contributed by atoms with E-state index < -0.39 is 0 Å². The summed E-state index contributed by atoms with van der Waals surface area (Å²) in [5, 5.41) is 3.27. The molecule has 0 atom stereocenters. The molecular formula is C17H17N3O. The van der Waals surface area contributed by atoms with E-state index in [1.807, 2.05) is 68.4 Å². The molecule has 4 nitrogen and oxygen atoms in total. The molecule has 0 aliphatic heterocycles. The van der Waals surface area contributed by atoms with E-state index in [0.29, 0.717) is 11.7 Å². The molecule has 0 unspecified atom stereocenters. The number of hydrogen-bond donors (Lipinski definition) is 1. The van der Waals surface area contributed by atoms with Gasteiger partial charge in [0, 0.05) is 5.69 Å². The van der Waals surface area contributed by atoms with E-state index in [1.54, 1.807) is 0 Å². The first-order valence-corrected chi connectivity index (χ1v) is 6.98. The van der Waals surface area contributed by atoms with Crippen LogP contribution in [-0.2, 0) is 0 Å². The summed E-state index contributed by atoms with van der Waals surface area (Å²) in [5.41, 5.74) is 2.62. The molecule has 0 saturated carbocycles. The van der Waals surface area contributed by atoms with Crippen molar-refractivity contribution in [2.24, 2.45) is 0 Å². The zero-order valence-corrected chi connectivity index (χ0v) is 12.1. The quantitative estimate of drug-likeness (QED) is 0.779. The summed E-state index contributed by atoms with van der Waals surface area (Å²) < 4.78 is 5.79. The van der Waals surface area contributed by atoms with Crippen molar-refractivity contribution >= 4 is 22.5 Å². The number of benzene rings is 2. The molecule has 0 saturated heterocycles. The molecule has 2 aromatic carbocycles. The SMILES string of the molecule is CC(C)Oc1nc2ccccc2nc1Nc1ccccc1. The smallest absolute Gasteiger partial charge is 0.258 e. The molecule has 0 amide bonds. The Morgan fingerprint density at radius 1 is 0.857 bits per heavy atom. The maximum absolute atomic E-state index is 5.79. The van der Waals surface area contributed by atoms with Crippen molar-refractivity contribution in [3.05, 3.63) is 54.6 Å². The van der Waals surface area contributed by atoms with E-state index in [1.165, 1.54) is 0 Å². The molecule has 3 aromatic rings. The van der Waals surface area contributed by atoms with E-state index in [2.05, 4.69) is 15.3 Å². The summed E-state index contributed by atoms with van der Waals surface area (Å²) in [6.07, 6.45) is 0.0387. The van der Waals surface area contributed by atoms with Crippen molar-refractivity contribution in [2.75, 3.05) is 5.32 Å². The Kier molecular flexibility index (Phi) is 3.69. The molecule has 0 radical (unpaired) electrons. The predicted molar refractivity (Wildman–Crippen MR) is 85.0 cm³/mol. The van der Waals surface area contributed by atoms with Crippen LogP contribution in [0.1, 0.15) is 13.8 Å². The van der Waals surface area contributed by atoms with Gasteiger partial charge in [-0.3, -0.25) is 0 Å². The zero-order valence-electron chi connectivity index (χ0n) is 12.1. The Morgan fingerprint density at radius 2 is 1.48 bits per heavy atom. The normalized spacial score (nSPS) is 10.8. The highest BCUT2D eigenvalue weighted by molar-refractivity contribution is 5.78. The summed E-state index contributed by atoms with van der Waals surface area (Å²) in [6.45, 7) is 3.95. The lowest BCUT2D eigenvalue weighted by atomic mass is 10.3. The van der Waals surface area contributed by atoms with Crippen molar-refractivity contribution in [2.45, 2.75) is 20.0 Å². The number of aromatic nitrogens is 2. The molecule has 0 aliphatic rings. The third-order valence-electron chi connectivity index (χ3n) is 2.92. The topological polar surface area (TPSA) is 47.0 Å². The van der Waals surface area contributed by atoms with Gasteiger partial charge in [-0.25, -0.2) is 9.97 Å². The second-order valence-electron chi connectivity index (χ2n) is 5.02. The van der Waals surface area contributed by atoms with E-state index in [9.17, 15) is 0 Å². The van der Waals surface area contributed by atoms with Gasteiger partial charge < -0.3 is 10.1 Å². The Hall–Kier alpha value is -2.62. The number of hydrogen-bond acceptors (Lipinski definition) is 4. The number of fused-ring (bicyclic) bond motifs is 1. The molecule has 3 rings (SSSR count). The molecule has 1 heterocycles. The van der Waals surface area contributed by atoms with Crippen molar-refractivity contribution in [1.29, 1.82) is 0 Å². The lowest BCUT2D eigenvalue weighted by Crippen LogP contribution is -2.10. The van der Waals surface area contributed by atoms with E-state index in [0.717, 1.165) is 16.7 Å². The molecule has 4 heteroatoms. The summed E-state index contributed by atoms with van der Waals surface area (Å²) >= 11 is 0. The van der Waals surface area contributed by atoms with Crippen LogP contribution in [0.3, 0.4) is 0 Å². The summed E-state index contributed by atoms with van der Waals surface area (Å²) in [7, 11) is 0.